The van der Waals surface area contributed by atoms with Crippen LogP contribution in [-0.2, 0) is 17.8 Å². The Morgan fingerprint density at radius 3 is 2.29 bits per heavy atom. The van der Waals surface area contributed by atoms with E-state index in [4.69, 9.17) is 5.10 Å². The lowest BCUT2D eigenvalue weighted by atomic mass is 9.85. The first-order valence-electron chi connectivity index (χ1n) is 15.2. The quantitative estimate of drug-likeness (QED) is 0.352. The highest BCUT2D eigenvalue weighted by Crippen LogP contribution is 2.34. The zero-order chi connectivity index (χ0) is 30.4. The Hall–Kier alpha value is -3.23. The number of hydrogen-bond acceptors (Lipinski definition) is 5. The van der Waals surface area contributed by atoms with Crippen molar-refractivity contribution < 1.29 is 19.4 Å². The third kappa shape index (κ3) is 8.19. The minimum atomic E-state index is -0.780. The van der Waals surface area contributed by atoms with E-state index in [9.17, 15) is 19.4 Å². The van der Waals surface area contributed by atoms with Crippen LogP contribution in [0.1, 0.15) is 81.3 Å². The van der Waals surface area contributed by atoms with Crippen LogP contribution >= 0.6 is 0 Å². The molecule has 0 amide bonds. The first-order chi connectivity index (χ1) is 19.9. The summed E-state index contributed by atoms with van der Waals surface area (Å²) in [7, 11) is 2.20. The number of aryl methyl sites for hydroxylation is 1. The number of aromatic hydroxyl groups is 1. The highest BCUT2D eigenvalue weighted by Gasteiger charge is 2.40. The molecular formula is C34H47FN4O3. The summed E-state index contributed by atoms with van der Waals surface area (Å²) in [4.78, 5) is 15.9. The van der Waals surface area contributed by atoms with Gasteiger partial charge in [-0.25, -0.2) is 4.39 Å². The van der Waals surface area contributed by atoms with Crippen LogP contribution in [0.4, 0.5) is 4.39 Å². The monoisotopic (exact) mass is 578 g/mol. The van der Waals surface area contributed by atoms with E-state index < -0.39 is 12.0 Å². The van der Waals surface area contributed by atoms with Crippen LogP contribution in [0.25, 0.3) is 0 Å². The van der Waals surface area contributed by atoms with Crippen molar-refractivity contribution in [2.24, 2.45) is 5.41 Å². The van der Waals surface area contributed by atoms with Crippen LogP contribution in [0.5, 0.6) is 5.75 Å². The van der Waals surface area contributed by atoms with Gasteiger partial charge in [0, 0.05) is 31.1 Å². The van der Waals surface area contributed by atoms with Gasteiger partial charge in [0.15, 0.2) is 0 Å². The average Bonchev–Trinajstić information content (AvgIpc) is 3.57. The molecule has 42 heavy (non-hydrogen) atoms. The summed E-state index contributed by atoms with van der Waals surface area (Å²) in [5.74, 6) is 0.158. The van der Waals surface area contributed by atoms with Crippen LogP contribution in [0, 0.1) is 11.2 Å². The van der Waals surface area contributed by atoms with Gasteiger partial charge in [0.05, 0.1) is 5.69 Å². The van der Waals surface area contributed by atoms with Crippen molar-refractivity contribution in [2.45, 2.75) is 77.8 Å². The Kier molecular flexibility index (Phi) is 10.4. The molecule has 0 saturated carbocycles. The number of benzene rings is 2. The molecular weight excluding hydrogens is 531 g/mol. The van der Waals surface area contributed by atoms with E-state index in [1.54, 1.807) is 24.3 Å². The zero-order valence-electron chi connectivity index (χ0n) is 25.8. The second-order valence-electron chi connectivity index (χ2n) is 12.9. The molecule has 2 aliphatic rings. The van der Waals surface area contributed by atoms with Crippen LogP contribution < -0.4 is 0 Å². The normalized spacial score (nSPS) is 19.3. The molecule has 5 rings (SSSR count). The van der Waals surface area contributed by atoms with Crippen molar-refractivity contribution in [3.63, 3.8) is 0 Å². The van der Waals surface area contributed by atoms with Crippen molar-refractivity contribution in [2.75, 3.05) is 33.2 Å². The topological polar surface area (TPSA) is 81.8 Å². The van der Waals surface area contributed by atoms with Gasteiger partial charge in [-0.05, 0) is 106 Å². The minimum absolute atomic E-state index is 0.217. The maximum absolute atomic E-state index is 13.3. The summed E-state index contributed by atoms with van der Waals surface area (Å²) in [6, 6.07) is 15.8. The summed E-state index contributed by atoms with van der Waals surface area (Å²) >= 11 is 0. The predicted octanol–water partition coefficient (Wildman–Crippen LogP) is 6.12. The third-order valence-electron chi connectivity index (χ3n) is 8.58. The lowest BCUT2D eigenvalue weighted by Crippen LogP contribution is -2.48. The van der Waals surface area contributed by atoms with Crippen molar-refractivity contribution in [1.29, 1.82) is 0 Å². The van der Waals surface area contributed by atoms with Gasteiger partial charge in [-0.2, -0.15) is 5.10 Å². The van der Waals surface area contributed by atoms with Gasteiger partial charge < -0.3 is 15.1 Å². The van der Waals surface area contributed by atoms with Crippen LogP contribution in [0.3, 0.4) is 0 Å². The van der Waals surface area contributed by atoms with Gasteiger partial charge >= 0.3 is 5.97 Å². The SMILES string of the molecule is CC(C)(C)C(C(=O)O)N1CCC(c2cccc(F)c2)C1.CCn1nc(Cc2ccc(O)cc2)cc1C1CCN(C)CC1. The highest BCUT2D eigenvalue weighted by atomic mass is 19.1. The van der Waals surface area contributed by atoms with E-state index in [1.807, 2.05) is 43.9 Å². The van der Waals surface area contributed by atoms with Gasteiger partial charge in [0.25, 0.3) is 0 Å². The van der Waals surface area contributed by atoms with Crippen molar-refractivity contribution in [3.8, 4) is 5.75 Å². The second-order valence-corrected chi connectivity index (χ2v) is 12.9. The summed E-state index contributed by atoms with van der Waals surface area (Å²) in [5, 5.41) is 23.6. The molecule has 2 saturated heterocycles. The Labute approximate surface area is 250 Å². The van der Waals surface area contributed by atoms with E-state index in [2.05, 4.69) is 29.6 Å². The van der Waals surface area contributed by atoms with Crippen LogP contribution in [0.2, 0.25) is 0 Å². The number of carbonyl (C=O) groups is 1. The molecule has 0 spiro atoms. The van der Waals surface area contributed by atoms with Crippen LogP contribution in [-0.4, -0.2) is 75.0 Å². The minimum Gasteiger partial charge on any atom is -0.508 e. The maximum Gasteiger partial charge on any atom is 0.321 e. The molecule has 2 aliphatic heterocycles. The summed E-state index contributed by atoms with van der Waals surface area (Å²) in [6.45, 7) is 12.7. The molecule has 2 fully saturated rings. The standard InChI is InChI=1S/C18H25N3O.C16H22FNO2/c1-3-21-18(15-8-10-20(2)11-9-15)13-16(19-21)12-14-4-6-17(22)7-5-14;1-16(2,3)14(15(19)20)18-8-7-12(10-18)11-5-4-6-13(17)9-11/h4-7,13,15,22H,3,8-12H2,1-2H3;4-6,9,12,14H,7-8,10H2,1-3H3,(H,19,20). The van der Waals surface area contributed by atoms with Crippen molar-refractivity contribution in [3.05, 3.63) is 82.9 Å². The second kappa shape index (κ2) is 13.8. The Bertz CT molecular complexity index is 1310. The molecule has 8 heteroatoms. The number of nitrogens with zero attached hydrogens (tertiary/aromatic N) is 4. The van der Waals surface area contributed by atoms with E-state index in [1.165, 1.54) is 43.3 Å². The molecule has 7 nitrogen and oxygen atoms in total. The van der Waals surface area contributed by atoms with Gasteiger partial charge in [-0.1, -0.05) is 45.0 Å². The Morgan fingerprint density at radius 2 is 1.69 bits per heavy atom. The number of phenolic OH excluding ortho intramolecular Hbond substituents is 1. The fourth-order valence-corrected chi connectivity index (χ4v) is 6.41. The highest BCUT2D eigenvalue weighted by molar-refractivity contribution is 5.74. The van der Waals surface area contributed by atoms with Crippen LogP contribution in [0.15, 0.2) is 54.6 Å². The molecule has 0 aliphatic carbocycles. The summed E-state index contributed by atoms with van der Waals surface area (Å²) in [6.07, 6.45) is 4.15. The predicted molar refractivity (Wildman–Crippen MR) is 164 cm³/mol. The number of halogens is 1. The van der Waals surface area contributed by atoms with Gasteiger partial charge in [-0.15, -0.1) is 0 Å². The number of rotatable bonds is 7. The molecule has 3 heterocycles. The number of likely N-dealkylation sites (tertiary alicyclic amines) is 2. The number of carboxylic acid groups (broad SMARTS) is 1. The first-order valence-corrected chi connectivity index (χ1v) is 15.2. The largest absolute Gasteiger partial charge is 0.508 e. The molecule has 3 aromatic rings. The average molecular weight is 579 g/mol. The molecule has 2 atom stereocenters. The van der Waals surface area contributed by atoms with Gasteiger partial charge in [0.1, 0.15) is 17.6 Å². The summed E-state index contributed by atoms with van der Waals surface area (Å²) < 4.78 is 15.5. The number of carboxylic acids is 1. The number of aliphatic carboxylic acids is 1. The maximum atomic E-state index is 13.3. The van der Waals surface area contributed by atoms with Gasteiger partial charge in [-0.3, -0.25) is 14.4 Å². The molecule has 0 bridgehead atoms. The number of piperidine rings is 1. The molecule has 228 valence electrons. The molecule has 2 unspecified atom stereocenters. The first kappa shape index (κ1) is 31.7. The van der Waals surface area contributed by atoms with E-state index in [-0.39, 0.29) is 17.2 Å². The smallest absolute Gasteiger partial charge is 0.321 e. The number of aromatic nitrogens is 2. The molecule has 2 aromatic carbocycles. The molecule has 2 N–H and O–H groups in total. The third-order valence-corrected chi connectivity index (χ3v) is 8.58. The Morgan fingerprint density at radius 1 is 1.02 bits per heavy atom. The number of hydrogen-bond donors (Lipinski definition) is 2. The van der Waals surface area contributed by atoms with Crippen molar-refractivity contribution >= 4 is 5.97 Å². The van der Waals surface area contributed by atoms with Crippen molar-refractivity contribution in [1.82, 2.24) is 19.6 Å². The van der Waals surface area contributed by atoms with E-state index >= 15 is 0 Å². The van der Waals surface area contributed by atoms with E-state index in [0.29, 0.717) is 18.2 Å². The molecule has 0 radical (unpaired) electrons. The van der Waals surface area contributed by atoms with Gasteiger partial charge in [0.2, 0.25) is 0 Å². The summed E-state index contributed by atoms with van der Waals surface area (Å²) in [5.41, 5.74) is 4.35. The Balaban J connectivity index is 0.000000194. The lowest BCUT2D eigenvalue weighted by molar-refractivity contribution is -0.147. The fraction of sp³-hybridized carbons (Fsp3) is 0.529. The van der Waals surface area contributed by atoms with E-state index in [0.717, 1.165) is 37.2 Å². The lowest BCUT2D eigenvalue weighted by Gasteiger charge is -2.34. The molecule has 1 aromatic heterocycles. The fourth-order valence-electron chi connectivity index (χ4n) is 6.41. The number of phenols is 1. The zero-order valence-corrected chi connectivity index (χ0v) is 25.8.